The second kappa shape index (κ2) is 9.10. The normalized spacial score (nSPS) is 11.1. The molecule has 0 atom stereocenters. The van der Waals surface area contributed by atoms with E-state index >= 15 is 0 Å². The Bertz CT molecular complexity index is 1290. The number of benzene rings is 2. The van der Waals surface area contributed by atoms with Crippen LogP contribution in [-0.2, 0) is 0 Å². The van der Waals surface area contributed by atoms with Crippen molar-refractivity contribution >= 4 is 34.5 Å². The van der Waals surface area contributed by atoms with Gasteiger partial charge in [-0.2, -0.15) is 0 Å². The van der Waals surface area contributed by atoms with Gasteiger partial charge >= 0.3 is 0 Å². The molecule has 32 heavy (non-hydrogen) atoms. The van der Waals surface area contributed by atoms with E-state index in [-0.39, 0.29) is 11.2 Å². The molecule has 4 aromatic rings. The Hall–Kier alpha value is -3.23. The fourth-order valence-electron chi connectivity index (χ4n) is 3.07. The van der Waals surface area contributed by atoms with Gasteiger partial charge in [0.1, 0.15) is 17.2 Å². The maximum absolute atomic E-state index is 14.0. The van der Waals surface area contributed by atoms with E-state index < -0.39 is 23.1 Å². The van der Waals surface area contributed by atoms with Crippen LogP contribution in [0, 0.1) is 11.6 Å². The van der Waals surface area contributed by atoms with Crippen molar-refractivity contribution < 1.29 is 13.6 Å². The van der Waals surface area contributed by atoms with Crippen LogP contribution in [0.1, 0.15) is 35.1 Å². The number of carbonyl (C=O) groups excluding carboxylic acids is 1. The van der Waals surface area contributed by atoms with Crippen LogP contribution in [0.25, 0.3) is 21.8 Å². The van der Waals surface area contributed by atoms with Crippen LogP contribution in [0.5, 0.6) is 0 Å². The van der Waals surface area contributed by atoms with Gasteiger partial charge in [-0.3, -0.25) is 4.79 Å². The molecule has 0 unspecified atom stereocenters. The quantitative estimate of drug-likeness (QED) is 0.335. The summed E-state index contributed by atoms with van der Waals surface area (Å²) in [5.74, 6) is -2.54. The minimum absolute atomic E-state index is 0.126. The average molecular weight is 471 g/mol. The largest absolute Gasteiger partial charge is 0.322 e. The Morgan fingerprint density at radius 3 is 2.47 bits per heavy atom. The van der Waals surface area contributed by atoms with Crippen molar-refractivity contribution in [3.63, 3.8) is 0 Å². The SMILES string of the molecule is CC(C)c1nc(-c2cccc(NC(=O)c3c(F)cccc3F)c2)c(-c2ccnc(Cl)n2)s1. The topological polar surface area (TPSA) is 67.8 Å². The van der Waals surface area contributed by atoms with Crippen LogP contribution in [0.2, 0.25) is 5.28 Å². The first kappa shape index (κ1) is 22.0. The Labute approximate surface area is 192 Å². The summed E-state index contributed by atoms with van der Waals surface area (Å²) < 4.78 is 27.9. The molecule has 0 fully saturated rings. The first-order chi connectivity index (χ1) is 15.3. The number of aromatic nitrogens is 3. The molecule has 1 amide bonds. The molecule has 4 rings (SSSR count). The van der Waals surface area contributed by atoms with Crippen molar-refractivity contribution in [2.45, 2.75) is 19.8 Å². The summed E-state index contributed by atoms with van der Waals surface area (Å²) in [4.78, 5) is 26.3. The van der Waals surface area contributed by atoms with Crippen molar-refractivity contribution in [2.75, 3.05) is 5.32 Å². The predicted molar refractivity (Wildman–Crippen MR) is 122 cm³/mol. The lowest BCUT2D eigenvalue weighted by Gasteiger charge is -2.09. The van der Waals surface area contributed by atoms with Gasteiger partial charge in [-0.1, -0.05) is 32.0 Å². The summed E-state index contributed by atoms with van der Waals surface area (Å²) in [6.07, 6.45) is 1.57. The average Bonchev–Trinajstić information content (AvgIpc) is 3.20. The smallest absolute Gasteiger partial charge is 0.261 e. The number of thiazole rings is 1. The Morgan fingerprint density at radius 1 is 1.06 bits per heavy atom. The number of halogens is 3. The molecule has 0 saturated heterocycles. The Morgan fingerprint density at radius 2 is 1.78 bits per heavy atom. The number of carbonyl (C=O) groups is 1. The molecular weight excluding hydrogens is 454 g/mol. The molecule has 0 aliphatic rings. The third-order valence-electron chi connectivity index (χ3n) is 4.58. The van der Waals surface area contributed by atoms with Gasteiger partial charge in [-0.15, -0.1) is 11.3 Å². The zero-order valence-electron chi connectivity index (χ0n) is 17.1. The molecule has 2 aromatic heterocycles. The summed E-state index contributed by atoms with van der Waals surface area (Å²) in [5, 5.41) is 3.59. The molecule has 5 nitrogen and oxygen atoms in total. The van der Waals surface area contributed by atoms with Crippen molar-refractivity contribution in [1.82, 2.24) is 15.0 Å². The van der Waals surface area contributed by atoms with Crippen molar-refractivity contribution in [1.29, 1.82) is 0 Å². The molecule has 0 spiro atoms. The summed E-state index contributed by atoms with van der Waals surface area (Å²) in [6.45, 7) is 4.08. The number of rotatable bonds is 5. The van der Waals surface area contributed by atoms with E-state index in [0.29, 0.717) is 22.6 Å². The molecule has 0 saturated carbocycles. The first-order valence-electron chi connectivity index (χ1n) is 9.69. The minimum atomic E-state index is -0.928. The van der Waals surface area contributed by atoms with E-state index in [9.17, 15) is 13.6 Å². The van der Waals surface area contributed by atoms with Gasteiger partial charge in [0.2, 0.25) is 5.28 Å². The number of hydrogen-bond acceptors (Lipinski definition) is 5. The summed E-state index contributed by atoms with van der Waals surface area (Å²) in [6, 6.07) is 11.9. The highest BCUT2D eigenvalue weighted by Crippen LogP contribution is 2.39. The summed E-state index contributed by atoms with van der Waals surface area (Å²) in [5.41, 5.74) is 1.75. The van der Waals surface area contributed by atoms with Crippen molar-refractivity contribution in [3.05, 3.63) is 82.2 Å². The first-order valence-corrected chi connectivity index (χ1v) is 10.9. The van der Waals surface area contributed by atoms with E-state index in [1.54, 1.807) is 30.5 Å². The van der Waals surface area contributed by atoms with Crippen molar-refractivity contribution in [3.8, 4) is 21.8 Å². The van der Waals surface area contributed by atoms with E-state index in [1.807, 2.05) is 19.9 Å². The fraction of sp³-hybridized carbons (Fsp3) is 0.130. The van der Waals surface area contributed by atoms with E-state index in [4.69, 9.17) is 16.6 Å². The standard InChI is InChI=1S/C23H17ClF2N4OS/c1-12(2)22-30-19(20(32-22)17-9-10-27-23(24)29-17)13-5-3-6-14(11-13)28-21(31)18-15(25)7-4-8-16(18)26/h3-12H,1-2H3,(H,28,31). The monoisotopic (exact) mass is 470 g/mol. The highest BCUT2D eigenvalue weighted by atomic mass is 35.5. The lowest BCUT2D eigenvalue weighted by molar-refractivity contribution is 0.101. The van der Waals surface area contributed by atoms with Gasteiger partial charge in [0.15, 0.2) is 0 Å². The second-order valence-corrected chi connectivity index (χ2v) is 8.60. The number of amides is 1. The minimum Gasteiger partial charge on any atom is -0.322 e. The van der Waals surface area contributed by atoms with E-state index in [1.165, 1.54) is 17.4 Å². The van der Waals surface area contributed by atoms with E-state index in [2.05, 4.69) is 15.3 Å². The molecule has 0 radical (unpaired) electrons. The Kier molecular flexibility index (Phi) is 6.25. The fourth-order valence-corrected chi connectivity index (χ4v) is 4.27. The van der Waals surface area contributed by atoms with Crippen LogP contribution in [0.4, 0.5) is 14.5 Å². The number of nitrogens with one attached hydrogen (secondary N) is 1. The van der Waals surface area contributed by atoms with Gasteiger partial charge in [-0.25, -0.2) is 23.7 Å². The molecular formula is C23H17ClF2N4OS. The van der Waals surface area contributed by atoms with Gasteiger partial charge in [0, 0.05) is 23.4 Å². The highest BCUT2D eigenvalue weighted by Gasteiger charge is 2.20. The third-order valence-corrected chi connectivity index (χ3v) is 6.14. The maximum Gasteiger partial charge on any atom is 0.261 e. The summed E-state index contributed by atoms with van der Waals surface area (Å²) >= 11 is 7.48. The van der Waals surface area contributed by atoms with Gasteiger partial charge in [0.25, 0.3) is 5.91 Å². The highest BCUT2D eigenvalue weighted by molar-refractivity contribution is 7.15. The second-order valence-electron chi connectivity index (χ2n) is 7.23. The molecule has 162 valence electrons. The molecule has 0 bridgehead atoms. The van der Waals surface area contributed by atoms with Gasteiger partial charge in [-0.05, 0) is 41.9 Å². The predicted octanol–water partition coefficient (Wildman–Crippen LogP) is 6.57. The lowest BCUT2D eigenvalue weighted by Crippen LogP contribution is -2.15. The van der Waals surface area contributed by atoms with Crippen LogP contribution >= 0.6 is 22.9 Å². The molecule has 0 aliphatic carbocycles. The van der Waals surface area contributed by atoms with Crippen LogP contribution in [-0.4, -0.2) is 20.9 Å². The van der Waals surface area contributed by atoms with Gasteiger partial charge in [0.05, 0.1) is 21.3 Å². The van der Waals surface area contributed by atoms with Crippen LogP contribution in [0.3, 0.4) is 0 Å². The number of anilines is 1. The zero-order chi connectivity index (χ0) is 22.8. The summed E-state index contributed by atoms with van der Waals surface area (Å²) in [7, 11) is 0. The Balaban J connectivity index is 1.73. The third kappa shape index (κ3) is 4.51. The van der Waals surface area contributed by atoms with Crippen LogP contribution < -0.4 is 5.32 Å². The molecule has 2 aromatic carbocycles. The molecule has 2 heterocycles. The lowest BCUT2D eigenvalue weighted by atomic mass is 10.1. The number of hydrogen-bond donors (Lipinski definition) is 1. The maximum atomic E-state index is 14.0. The molecule has 9 heteroatoms. The van der Waals surface area contributed by atoms with Crippen molar-refractivity contribution in [2.24, 2.45) is 0 Å². The zero-order valence-corrected chi connectivity index (χ0v) is 18.6. The van der Waals surface area contributed by atoms with E-state index in [0.717, 1.165) is 22.0 Å². The van der Waals surface area contributed by atoms with Crippen LogP contribution in [0.15, 0.2) is 54.7 Å². The molecule has 0 aliphatic heterocycles. The molecule has 1 N–H and O–H groups in total. The van der Waals surface area contributed by atoms with Gasteiger partial charge < -0.3 is 5.32 Å². The number of nitrogens with zero attached hydrogens (tertiary/aromatic N) is 3.